The molecule has 2 heterocycles. The van der Waals surface area contributed by atoms with E-state index in [-0.39, 0.29) is 17.6 Å². The minimum Gasteiger partial charge on any atom is -0.464 e. The molecular weight excluding hydrogens is 398 g/mol. The summed E-state index contributed by atoms with van der Waals surface area (Å²) < 4.78 is 5.73. The Bertz CT molecular complexity index is 833. The van der Waals surface area contributed by atoms with Crippen LogP contribution in [0, 0.1) is 5.92 Å². The van der Waals surface area contributed by atoms with Crippen LogP contribution in [0.2, 0.25) is 0 Å². The number of carbonyl (C=O) groups excluding carboxylic acids is 2. The van der Waals surface area contributed by atoms with E-state index in [0.29, 0.717) is 11.6 Å². The van der Waals surface area contributed by atoms with Crippen molar-refractivity contribution in [3.8, 4) is 0 Å². The molecule has 2 aromatic rings. The van der Waals surface area contributed by atoms with Crippen molar-refractivity contribution >= 4 is 44.4 Å². The minimum atomic E-state index is -0.508. The Kier molecular flexibility index (Phi) is 5.67. The summed E-state index contributed by atoms with van der Waals surface area (Å²) >= 11 is 3.44. The average Bonchev–Trinajstić information content (AvgIpc) is 2.98. The molecule has 2 atom stereocenters. The Hall–Kier alpha value is -1.86. The zero-order valence-corrected chi connectivity index (χ0v) is 16.9. The molecule has 3 rings (SSSR count). The van der Waals surface area contributed by atoms with Crippen LogP contribution in [0.15, 0.2) is 22.7 Å². The Balaban J connectivity index is 1.90. The van der Waals surface area contributed by atoms with Crippen molar-refractivity contribution in [2.24, 2.45) is 5.92 Å². The van der Waals surface area contributed by atoms with Gasteiger partial charge in [-0.25, -0.2) is 4.79 Å². The summed E-state index contributed by atoms with van der Waals surface area (Å²) in [6, 6.07) is 5.35. The highest BCUT2D eigenvalue weighted by atomic mass is 79.9. The maximum absolute atomic E-state index is 12.9. The minimum absolute atomic E-state index is 0.120. The largest absolute Gasteiger partial charge is 0.464 e. The summed E-state index contributed by atoms with van der Waals surface area (Å²) in [7, 11) is 1.33. The number of esters is 1. The van der Waals surface area contributed by atoms with E-state index in [1.165, 1.54) is 13.5 Å². The second kappa shape index (κ2) is 7.80. The molecule has 0 bridgehead atoms. The lowest BCUT2D eigenvalue weighted by Crippen LogP contribution is -2.46. The highest BCUT2D eigenvalue weighted by molar-refractivity contribution is 9.10. The number of carbonyl (C=O) groups is 2. The number of fused-ring (bicyclic) bond motifs is 1. The molecule has 6 nitrogen and oxygen atoms in total. The first-order valence-corrected chi connectivity index (χ1v) is 9.64. The number of H-pyrrole nitrogens is 1. The summed E-state index contributed by atoms with van der Waals surface area (Å²) in [5.74, 6) is -0.0364. The van der Waals surface area contributed by atoms with Crippen molar-refractivity contribution in [2.45, 2.75) is 32.7 Å². The van der Waals surface area contributed by atoms with Crippen molar-refractivity contribution in [3.63, 3.8) is 0 Å². The fourth-order valence-electron chi connectivity index (χ4n) is 3.52. The van der Waals surface area contributed by atoms with E-state index in [1.54, 1.807) is 0 Å². The predicted molar refractivity (Wildman–Crippen MR) is 105 cm³/mol. The van der Waals surface area contributed by atoms with Crippen molar-refractivity contribution in [3.05, 3.63) is 28.4 Å². The number of ether oxygens (including phenoxy) is 1. The molecule has 0 aliphatic carbocycles. The van der Waals surface area contributed by atoms with Crippen LogP contribution < -0.4 is 5.32 Å². The number of halogens is 1. The highest BCUT2D eigenvalue weighted by Gasteiger charge is 2.28. The van der Waals surface area contributed by atoms with E-state index in [9.17, 15) is 9.59 Å². The molecule has 0 radical (unpaired) electrons. The van der Waals surface area contributed by atoms with Gasteiger partial charge in [-0.1, -0.05) is 22.9 Å². The van der Waals surface area contributed by atoms with Gasteiger partial charge in [-0.3, -0.25) is 9.69 Å². The molecular formula is C19H24BrN3O3. The van der Waals surface area contributed by atoms with Gasteiger partial charge in [-0.2, -0.15) is 0 Å². The van der Waals surface area contributed by atoms with Crippen LogP contribution in [0.3, 0.4) is 0 Å². The zero-order chi connectivity index (χ0) is 18.8. The van der Waals surface area contributed by atoms with Gasteiger partial charge < -0.3 is 15.0 Å². The number of aromatic nitrogens is 1. The second-order valence-electron chi connectivity index (χ2n) is 6.96. The number of piperidine rings is 1. The monoisotopic (exact) mass is 421 g/mol. The Morgan fingerprint density at radius 2 is 2.19 bits per heavy atom. The number of methoxy groups -OCH3 is 1. The van der Waals surface area contributed by atoms with Crippen molar-refractivity contribution in [1.29, 1.82) is 0 Å². The molecule has 1 aliphatic rings. The molecule has 1 fully saturated rings. The summed E-state index contributed by atoms with van der Waals surface area (Å²) in [6.07, 6.45) is 2.31. The van der Waals surface area contributed by atoms with Gasteiger partial charge in [0.2, 0.25) is 5.91 Å². The lowest BCUT2D eigenvalue weighted by Gasteiger charge is -2.34. The average molecular weight is 422 g/mol. The fraction of sp³-hybridized carbons (Fsp3) is 0.474. The molecule has 1 aromatic carbocycles. The number of nitrogens with one attached hydrogen (secondary N) is 2. The Morgan fingerprint density at radius 1 is 1.42 bits per heavy atom. The number of anilines is 1. The van der Waals surface area contributed by atoms with Crippen LogP contribution in [-0.4, -0.2) is 48.0 Å². The zero-order valence-electron chi connectivity index (χ0n) is 15.3. The molecule has 2 N–H and O–H groups in total. The molecule has 1 aromatic heterocycles. The smallest absolute Gasteiger partial charge is 0.356 e. The molecule has 0 unspecified atom stereocenters. The number of benzene rings is 1. The topological polar surface area (TPSA) is 74.4 Å². The quantitative estimate of drug-likeness (QED) is 0.736. The maximum atomic E-state index is 12.9. The van der Waals surface area contributed by atoms with Crippen molar-refractivity contribution in [2.75, 3.05) is 25.5 Å². The molecule has 0 spiro atoms. The molecule has 1 aliphatic heterocycles. The van der Waals surface area contributed by atoms with Crippen molar-refractivity contribution in [1.82, 2.24) is 9.88 Å². The first-order chi connectivity index (χ1) is 12.4. The van der Waals surface area contributed by atoms with Crippen LogP contribution in [0.4, 0.5) is 5.69 Å². The van der Waals surface area contributed by atoms with Gasteiger partial charge in [0.25, 0.3) is 0 Å². The second-order valence-corrected chi connectivity index (χ2v) is 7.88. The normalized spacial score (nSPS) is 19.3. The lowest BCUT2D eigenvalue weighted by atomic mass is 9.99. The summed E-state index contributed by atoms with van der Waals surface area (Å²) in [5.41, 5.74) is 1.49. The summed E-state index contributed by atoms with van der Waals surface area (Å²) in [5, 5.41) is 3.73. The van der Waals surface area contributed by atoms with Gasteiger partial charge in [0.1, 0.15) is 5.69 Å². The molecule has 1 saturated heterocycles. The van der Waals surface area contributed by atoms with Gasteiger partial charge in [-0.05, 0) is 50.4 Å². The number of hydrogen-bond donors (Lipinski definition) is 2. The standard InChI is InChI=1S/C19H24BrN3O3/c1-11-5-4-8-23(10-11)12(2)18(24)22-16-14-9-13(20)6-7-15(14)21-17(16)19(25)26-3/h6-7,9,11-12,21H,4-5,8,10H2,1-3H3,(H,22,24)/t11-,12+/m0/s1. The number of likely N-dealkylation sites (tertiary alicyclic amines) is 1. The number of hydrogen-bond acceptors (Lipinski definition) is 4. The van der Waals surface area contributed by atoms with Crippen LogP contribution >= 0.6 is 15.9 Å². The predicted octanol–water partition coefficient (Wildman–Crippen LogP) is 3.78. The maximum Gasteiger partial charge on any atom is 0.356 e. The van der Waals surface area contributed by atoms with Gasteiger partial charge in [0, 0.05) is 21.9 Å². The third-order valence-electron chi connectivity index (χ3n) is 5.01. The molecule has 26 heavy (non-hydrogen) atoms. The van der Waals surface area contributed by atoms with Crippen LogP contribution in [-0.2, 0) is 9.53 Å². The van der Waals surface area contributed by atoms with Crippen LogP contribution in [0.1, 0.15) is 37.2 Å². The number of aromatic amines is 1. The van der Waals surface area contributed by atoms with Crippen molar-refractivity contribution < 1.29 is 14.3 Å². The number of amides is 1. The van der Waals surface area contributed by atoms with E-state index < -0.39 is 5.97 Å². The van der Waals surface area contributed by atoms with E-state index in [4.69, 9.17) is 4.74 Å². The van der Waals surface area contributed by atoms with Crippen LogP contribution in [0.25, 0.3) is 10.9 Å². The Morgan fingerprint density at radius 3 is 2.88 bits per heavy atom. The van der Waals surface area contributed by atoms with Gasteiger partial charge in [0.05, 0.1) is 18.8 Å². The highest BCUT2D eigenvalue weighted by Crippen LogP contribution is 2.31. The third kappa shape index (κ3) is 3.78. The van der Waals surface area contributed by atoms with Gasteiger partial charge >= 0.3 is 5.97 Å². The Labute approximate surface area is 161 Å². The first-order valence-electron chi connectivity index (χ1n) is 8.85. The summed E-state index contributed by atoms with van der Waals surface area (Å²) in [6.45, 7) is 5.96. The number of rotatable bonds is 4. The van der Waals surface area contributed by atoms with E-state index in [1.807, 2.05) is 25.1 Å². The van der Waals surface area contributed by atoms with Crippen LogP contribution in [0.5, 0.6) is 0 Å². The third-order valence-corrected chi connectivity index (χ3v) is 5.51. The van der Waals surface area contributed by atoms with Gasteiger partial charge in [-0.15, -0.1) is 0 Å². The molecule has 1 amide bonds. The molecule has 7 heteroatoms. The molecule has 140 valence electrons. The van der Waals surface area contributed by atoms with E-state index >= 15 is 0 Å². The molecule has 0 saturated carbocycles. The first kappa shape index (κ1) is 18.9. The van der Waals surface area contributed by atoms with Gasteiger partial charge in [0.15, 0.2) is 0 Å². The SMILES string of the molecule is COC(=O)c1[nH]c2ccc(Br)cc2c1NC(=O)[C@@H](C)N1CCC[C@H](C)C1. The fourth-order valence-corrected chi connectivity index (χ4v) is 3.88. The van der Waals surface area contributed by atoms with E-state index in [2.05, 4.69) is 38.1 Å². The number of nitrogens with zero attached hydrogens (tertiary/aromatic N) is 1. The summed E-state index contributed by atoms with van der Waals surface area (Å²) in [4.78, 5) is 30.3. The lowest BCUT2D eigenvalue weighted by molar-refractivity contribution is -0.121. The van der Waals surface area contributed by atoms with E-state index in [0.717, 1.165) is 34.9 Å².